The largest absolute Gasteiger partial charge is 0.368 e. The Morgan fingerprint density at radius 3 is 2.68 bits per heavy atom. The van der Waals surface area contributed by atoms with Gasteiger partial charge < -0.3 is 10.3 Å². The van der Waals surface area contributed by atoms with Crippen LogP contribution >= 0.6 is 0 Å². The third-order valence-corrected chi connectivity index (χ3v) is 4.61. The highest BCUT2D eigenvalue weighted by atomic mass is 16.5. The number of nitrogens with zero attached hydrogens (tertiary/aromatic N) is 5. The lowest BCUT2D eigenvalue weighted by Crippen LogP contribution is -2.07. The summed E-state index contributed by atoms with van der Waals surface area (Å²) in [4.78, 5) is 9.15. The van der Waals surface area contributed by atoms with Crippen molar-refractivity contribution in [3.8, 4) is 11.4 Å². The molecule has 0 aliphatic heterocycles. The Morgan fingerprint density at radius 1 is 1.08 bits per heavy atom. The molecule has 4 aromatic rings. The molecule has 0 saturated heterocycles. The van der Waals surface area contributed by atoms with Crippen LogP contribution in [-0.2, 0) is 0 Å². The van der Waals surface area contributed by atoms with Gasteiger partial charge in [0, 0.05) is 18.1 Å². The summed E-state index contributed by atoms with van der Waals surface area (Å²) >= 11 is 0. The van der Waals surface area contributed by atoms with Gasteiger partial charge in [-0.25, -0.2) is 4.98 Å². The average Bonchev–Trinajstić information content (AvgIpc) is 3.11. The Bertz CT molecular complexity index is 1070. The Morgan fingerprint density at radius 2 is 1.92 bits per heavy atom. The summed E-state index contributed by atoms with van der Waals surface area (Å²) in [6.45, 7) is 1.84. The second-order valence-corrected chi connectivity index (χ2v) is 6.42. The van der Waals surface area contributed by atoms with Gasteiger partial charge in [0.05, 0.1) is 0 Å². The topological polar surface area (TPSA) is 95.1 Å². The number of aryl methyl sites for hydroxylation is 1. The number of nitrogens with two attached hydrogens (primary N) is 1. The first-order chi connectivity index (χ1) is 12.2. The SMILES string of the molecule is Cc1cc(-c2cc3nc([C@@H]4C[C@H]4c4ccccc4)nc(N)n3n2)no1. The lowest BCUT2D eigenvalue weighted by Gasteiger charge is -2.03. The van der Waals surface area contributed by atoms with E-state index in [-0.39, 0.29) is 0 Å². The molecule has 2 N–H and O–H groups in total. The van der Waals surface area contributed by atoms with Crippen LogP contribution in [0.4, 0.5) is 5.95 Å². The predicted octanol–water partition coefficient (Wildman–Crippen LogP) is 2.94. The molecule has 0 bridgehead atoms. The maximum Gasteiger partial charge on any atom is 0.224 e. The first kappa shape index (κ1) is 14.2. The highest BCUT2D eigenvalue weighted by Gasteiger charge is 2.42. The maximum atomic E-state index is 6.11. The second-order valence-electron chi connectivity index (χ2n) is 6.42. The molecule has 124 valence electrons. The van der Waals surface area contributed by atoms with Gasteiger partial charge in [-0.3, -0.25) is 0 Å². The molecular weight excluding hydrogens is 316 g/mol. The van der Waals surface area contributed by atoms with Gasteiger partial charge in [0.1, 0.15) is 23.0 Å². The monoisotopic (exact) mass is 332 g/mol. The van der Waals surface area contributed by atoms with Gasteiger partial charge >= 0.3 is 0 Å². The number of hydrogen-bond donors (Lipinski definition) is 1. The van der Waals surface area contributed by atoms with Gasteiger partial charge in [0.2, 0.25) is 5.95 Å². The summed E-state index contributed by atoms with van der Waals surface area (Å²) in [7, 11) is 0. The van der Waals surface area contributed by atoms with Crippen LogP contribution in [0.15, 0.2) is 47.0 Å². The van der Waals surface area contributed by atoms with E-state index in [0.717, 1.165) is 18.0 Å². The number of hydrogen-bond acceptors (Lipinski definition) is 6. The fraction of sp³-hybridized carbons (Fsp3) is 0.222. The Balaban J connectivity index is 1.51. The molecule has 0 radical (unpaired) electrons. The zero-order valence-electron chi connectivity index (χ0n) is 13.6. The van der Waals surface area contributed by atoms with Crippen molar-refractivity contribution in [3.63, 3.8) is 0 Å². The summed E-state index contributed by atoms with van der Waals surface area (Å²) in [5.74, 6) is 2.62. The van der Waals surface area contributed by atoms with Crippen molar-refractivity contribution in [2.75, 3.05) is 5.73 Å². The van der Waals surface area contributed by atoms with E-state index in [1.54, 1.807) is 4.52 Å². The average molecular weight is 332 g/mol. The van der Waals surface area contributed by atoms with E-state index in [1.165, 1.54) is 5.56 Å². The number of aromatic nitrogens is 5. The summed E-state index contributed by atoms with van der Waals surface area (Å²) in [6.07, 6.45) is 1.04. The van der Waals surface area contributed by atoms with Gasteiger partial charge in [0.25, 0.3) is 0 Å². The number of rotatable bonds is 3. The van der Waals surface area contributed by atoms with E-state index >= 15 is 0 Å². The van der Waals surface area contributed by atoms with E-state index in [2.05, 4.69) is 44.5 Å². The summed E-state index contributed by atoms with van der Waals surface area (Å²) in [5.41, 5.74) is 9.44. The minimum Gasteiger partial charge on any atom is -0.368 e. The van der Waals surface area contributed by atoms with E-state index in [1.807, 2.05) is 25.1 Å². The summed E-state index contributed by atoms with van der Waals surface area (Å²) in [6, 6.07) is 14.1. The van der Waals surface area contributed by atoms with Crippen molar-refractivity contribution in [3.05, 3.63) is 59.6 Å². The van der Waals surface area contributed by atoms with Crippen molar-refractivity contribution in [1.29, 1.82) is 0 Å². The minimum absolute atomic E-state index is 0.308. The third kappa shape index (κ3) is 2.36. The first-order valence-electron chi connectivity index (χ1n) is 8.21. The van der Waals surface area contributed by atoms with E-state index < -0.39 is 0 Å². The molecule has 0 unspecified atom stereocenters. The van der Waals surface area contributed by atoms with Gasteiger partial charge in [-0.1, -0.05) is 35.5 Å². The van der Waals surface area contributed by atoms with Gasteiger partial charge in [0.15, 0.2) is 5.65 Å². The second kappa shape index (κ2) is 5.14. The Kier molecular flexibility index (Phi) is 2.91. The molecule has 2 atom stereocenters. The van der Waals surface area contributed by atoms with E-state index in [9.17, 15) is 0 Å². The van der Waals surface area contributed by atoms with Crippen molar-refractivity contribution in [2.45, 2.75) is 25.2 Å². The third-order valence-electron chi connectivity index (χ3n) is 4.61. The molecule has 0 amide bonds. The number of anilines is 1. The molecule has 5 rings (SSSR count). The van der Waals surface area contributed by atoms with Crippen LogP contribution in [0.25, 0.3) is 17.0 Å². The number of nitrogen functional groups attached to an aromatic ring is 1. The molecule has 1 aliphatic carbocycles. The lowest BCUT2D eigenvalue weighted by molar-refractivity contribution is 0.399. The Hall–Kier alpha value is -3.22. The summed E-state index contributed by atoms with van der Waals surface area (Å²) < 4.78 is 6.66. The quantitative estimate of drug-likeness (QED) is 0.620. The number of fused-ring (bicyclic) bond motifs is 1. The van der Waals surface area contributed by atoms with Crippen LogP contribution in [0.5, 0.6) is 0 Å². The highest BCUT2D eigenvalue weighted by molar-refractivity contribution is 5.61. The molecular formula is C18H16N6O. The molecule has 25 heavy (non-hydrogen) atoms. The fourth-order valence-corrected chi connectivity index (χ4v) is 3.25. The van der Waals surface area contributed by atoms with Crippen LogP contribution in [0.1, 0.15) is 35.4 Å². The highest BCUT2D eigenvalue weighted by Crippen LogP contribution is 2.53. The zero-order chi connectivity index (χ0) is 17.0. The van der Waals surface area contributed by atoms with E-state index in [0.29, 0.717) is 34.8 Å². The minimum atomic E-state index is 0.308. The van der Waals surface area contributed by atoms with Crippen molar-refractivity contribution in [2.24, 2.45) is 0 Å². The number of benzene rings is 1. The normalized spacial score (nSPS) is 19.4. The smallest absolute Gasteiger partial charge is 0.224 e. The predicted molar refractivity (Wildman–Crippen MR) is 92.0 cm³/mol. The molecule has 1 saturated carbocycles. The molecule has 7 heteroatoms. The van der Waals surface area contributed by atoms with Crippen LogP contribution in [0.3, 0.4) is 0 Å². The van der Waals surface area contributed by atoms with Crippen LogP contribution < -0.4 is 5.73 Å². The zero-order valence-corrected chi connectivity index (χ0v) is 13.6. The van der Waals surface area contributed by atoms with Gasteiger partial charge in [-0.15, -0.1) is 0 Å². The first-order valence-corrected chi connectivity index (χ1v) is 8.21. The summed E-state index contributed by atoms with van der Waals surface area (Å²) in [5, 5.41) is 8.43. The standard InChI is InChI=1S/C18H16N6O/c1-10-7-15(23-25-10)14-9-16-20-17(21-18(19)24(16)22-14)13-8-12(13)11-5-3-2-4-6-11/h2-7,9,12-13H,8H2,1H3,(H2,19,20,21)/t12-,13+/m0/s1. The molecule has 3 heterocycles. The molecule has 0 spiro atoms. The van der Waals surface area contributed by atoms with Gasteiger partial charge in [-0.05, 0) is 24.8 Å². The van der Waals surface area contributed by atoms with Crippen LogP contribution in [0.2, 0.25) is 0 Å². The van der Waals surface area contributed by atoms with Crippen LogP contribution in [-0.4, -0.2) is 24.7 Å². The van der Waals surface area contributed by atoms with E-state index in [4.69, 9.17) is 10.3 Å². The van der Waals surface area contributed by atoms with Crippen molar-refractivity contribution < 1.29 is 4.52 Å². The van der Waals surface area contributed by atoms with Crippen molar-refractivity contribution >= 4 is 11.6 Å². The lowest BCUT2D eigenvalue weighted by atomic mass is 10.1. The van der Waals surface area contributed by atoms with Crippen LogP contribution in [0, 0.1) is 6.92 Å². The molecule has 1 fully saturated rings. The molecule has 3 aromatic heterocycles. The maximum absolute atomic E-state index is 6.11. The Labute approximate surface area is 143 Å². The molecule has 1 aliphatic rings. The molecule has 1 aromatic carbocycles. The fourth-order valence-electron chi connectivity index (χ4n) is 3.25. The molecule has 7 nitrogen and oxygen atoms in total. The van der Waals surface area contributed by atoms with Gasteiger partial charge in [-0.2, -0.15) is 14.6 Å². The van der Waals surface area contributed by atoms with Crippen molar-refractivity contribution in [1.82, 2.24) is 24.7 Å².